The van der Waals surface area contributed by atoms with Crippen molar-refractivity contribution in [1.29, 1.82) is 0 Å². The third-order valence-corrected chi connectivity index (χ3v) is 8.96. The Bertz CT molecular complexity index is 1150. The van der Waals surface area contributed by atoms with Crippen LogP contribution in [0, 0.1) is 0 Å². The average molecular weight is 495 g/mol. The number of hydrogen-bond acceptors (Lipinski definition) is 6. The van der Waals surface area contributed by atoms with Crippen LogP contribution in [0.1, 0.15) is 11.1 Å². The van der Waals surface area contributed by atoms with E-state index in [1.807, 2.05) is 17.0 Å². The molecule has 0 N–H and O–H groups in total. The van der Waals surface area contributed by atoms with Crippen LogP contribution in [0.2, 0.25) is 5.02 Å². The molecule has 2 atom stereocenters. The molecule has 2 aliphatic rings. The Morgan fingerprint density at radius 3 is 2.47 bits per heavy atom. The second-order valence-corrected chi connectivity index (χ2v) is 11.5. The maximum atomic E-state index is 12.8. The van der Waals surface area contributed by atoms with Crippen molar-refractivity contribution in [1.82, 2.24) is 4.90 Å². The van der Waals surface area contributed by atoms with Gasteiger partial charge in [0.1, 0.15) is 0 Å². The summed E-state index contributed by atoms with van der Waals surface area (Å²) >= 11 is 7.36. The number of benzene rings is 2. The lowest BCUT2D eigenvalue weighted by Gasteiger charge is -2.24. The molecule has 2 fully saturated rings. The van der Waals surface area contributed by atoms with Crippen LogP contribution in [0.25, 0.3) is 0 Å². The predicted molar refractivity (Wildman–Crippen MR) is 127 cm³/mol. The number of sulfone groups is 1. The van der Waals surface area contributed by atoms with E-state index in [-0.39, 0.29) is 35.1 Å². The molecule has 32 heavy (non-hydrogen) atoms. The lowest BCUT2D eigenvalue weighted by Crippen LogP contribution is -2.37. The van der Waals surface area contributed by atoms with Gasteiger partial charge in [0.15, 0.2) is 26.5 Å². The zero-order chi connectivity index (χ0) is 22.9. The SMILES string of the molecule is COc1ccc(CC(=O)N=C2S[C@H]3CS(=O)(=O)C[C@H]3N2Cc2ccc(Cl)cc2)cc1OC. The zero-order valence-corrected chi connectivity index (χ0v) is 20.0. The smallest absolute Gasteiger partial charge is 0.252 e. The molecule has 0 saturated carbocycles. The van der Waals surface area contributed by atoms with Crippen molar-refractivity contribution in [2.45, 2.75) is 24.3 Å². The number of aliphatic imine (C=N–C) groups is 1. The van der Waals surface area contributed by atoms with Crippen LogP contribution >= 0.6 is 23.4 Å². The summed E-state index contributed by atoms with van der Waals surface area (Å²) < 4.78 is 34.9. The van der Waals surface area contributed by atoms with Crippen molar-refractivity contribution in [2.75, 3.05) is 25.7 Å². The fraction of sp³-hybridized carbons (Fsp3) is 0.364. The average Bonchev–Trinajstić information content (AvgIpc) is 3.21. The number of amidine groups is 1. The highest BCUT2D eigenvalue weighted by molar-refractivity contribution is 8.15. The van der Waals surface area contributed by atoms with E-state index in [1.165, 1.54) is 11.8 Å². The second-order valence-electron chi connectivity index (χ2n) is 7.71. The lowest BCUT2D eigenvalue weighted by molar-refractivity contribution is -0.117. The van der Waals surface area contributed by atoms with Gasteiger partial charge in [0, 0.05) is 16.8 Å². The minimum absolute atomic E-state index is 0.0706. The molecule has 2 heterocycles. The number of rotatable bonds is 6. The first-order valence-corrected chi connectivity index (χ1v) is 13.1. The van der Waals surface area contributed by atoms with Gasteiger partial charge in [-0.25, -0.2) is 8.42 Å². The summed E-state index contributed by atoms with van der Waals surface area (Å²) in [5.41, 5.74) is 1.73. The second kappa shape index (κ2) is 9.33. The normalized spacial score (nSPS) is 22.7. The zero-order valence-electron chi connectivity index (χ0n) is 17.7. The molecule has 2 saturated heterocycles. The molecule has 7 nitrogen and oxygen atoms in total. The molecule has 0 bridgehead atoms. The summed E-state index contributed by atoms with van der Waals surface area (Å²) in [4.78, 5) is 19.1. The Morgan fingerprint density at radius 2 is 1.78 bits per heavy atom. The molecular formula is C22H23ClN2O5S2. The fourth-order valence-corrected chi connectivity index (χ4v) is 8.01. The third-order valence-electron chi connectivity index (χ3n) is 5.46. The highest BCUT2D eigenvalue weighted by Crippen LogP contribution is 2.39. The number of ether oxygens (including phenoxy) is 2. The van der Waals surface area contributed by atoms with Crippen LogP contribution in [0.3, 0.4) is 0 Å². The summed E-state index contributed by atoms with van der Waals surface area (Å²) in [5, 5.41) is 1.07. The first-order valence-electron chi connectivity index (χ1n) is 9.98. The minimum atomic E-state index is -3.10. The molecule has 2 aromatic rings. The number of hydrogen-bond donors (Lipinski definition) is 0. The largest absolute Gasteiger partial charge is 0.493 e. The number of carbonyl (C=O) groups is 1. The molecule has 2 aromatic carbocycles. The number of thioether (sulfide) groups is 1. The van der Waals surface area contributed by atoms with E-state index >= 15 is 0 Å². The Morgan fingerprint density at radius 1 is 1.09 bits per heavy atom. The number of amides is 1. The third kappa shape index (κ3) is 5.05. The Hall–Kier alpha value is -2.23. The van der Waals surface area contributed by atoms with Gasteiger partial charge in [-0.3, -0.25) is 4.79 Å². The van der Waals surface area contributed by atoms with Crippen LogP contribution in [-0.4, -0.2) is 61.4 Å². The van der Waals surface area contributed by atoms with Crippen LogP contribution in [0.4, 0.5) is 0 Å². The number of carbonyl (C=O) groups excluding carboxylic acids is 1. The molecular weight excluding hydrogens is 472 g/mol. The van der Waals surface area contributed by atoms with Crippen molar-refractivity contribution in [3.05, 3.63) is 58.6 Å². The molecule has 0 aromatic heterocycles. The van der Waals surface area contributed by atoms with Crippen molar-refractivity contribution in [2.24, 2.45) is 4.99 Å². The van der Waals surface area contributed by atoms with Crippen LogP contribution in [0.5, 0.6) is 11.5 Å². The number of fused-ring (bicyclic) bond motifs is 1. The topological polar surface area (TPSA) is 85.3 Å². The Balaban J connectivity index is 1.56. The maximum Gasteiger partial charge on any atom is 0.252 e. The highest BCUT2D eigenvalue weighted by Gasteiger charge is 2.48. The van der Waals surface area contributed by atoms with E-state index in [0.29, 0.717) is 28.2 Å². The van der Waals surface area contributed by atoms with Crippen LogP contribution in [-0.2, 0) is 27.6 Å². The van der Waals surface area contributed by atoms with E-state index in [2.05, 4.69) is 4.99 Å². The molecule has 0 spiro atoms. The minimum Gasteiger partial charge on any atom is -0.493 e. The van der Waals surface area contributed by atoms with Crippen LogP contribution < -0.4 is 9.47 Å². The van der Waals surface area contributed by atoms with E-state index in [9.17, 15) is 13.2 Å². The molecule has 10 heteroatoms. The monoisotopic (exact) mass is 494 g/mol. The van der Waals surface area contributed by atoms with E-state index in [1.54, 1.807) is 44.6 Å². The first kappa shape index (κ1) is 22.9. The van der Waals surface area contributed by atoms with Crippen molar-refractivity contribution in [3.63, 3.8) is 0 Å². The van der Waals surface area contributed by atoms with Gasteiger partial charge in [0.2, 0.25) is 0 Å². The lowest BCUT2D eigenvalue weighted by atomic mass is 10.1. The molecule has 4 rings (SSSR count). The van der Waals surface area contributed by atoms with E-state index < -0.39 is 9.84 Å². The first-order chi connectivity index (χ1) is 15.3. The van der Waals surface area contributed by atoms with E-state index in [0.717, 1.165) is 11.1 Å². The summed E-state index contributed by atoms with van der Waals surface area (Å²) in [6.07, 6.45) is 0.104. The van der Waals surface area contributed by atoms with Gasteiger partial charge in [-0.05, 0) is 35.4 Å². The quantitative estimate of drug-likeness (QED) is 0.609. The van der Waals surface area contributed by atoms with Crippen molar-refractivity contribution >= 4 is 44.3 Å². The van der Waals surface area contributed by atoms with Gasteiger partial charge in [0.25, 0.3) is 5.91 Å². The molecule has 170 valence electrons. The van der Waals surface area contributed by atoms with Gasteiger partial charge < -0.3 is 14.4 Å². The Kier molecular flexibility index (Phi) is 6.69. The maximum absolute atomic E-state index is 12.8. The van der Waals surface area contributed by atoms with Gasteiger partial charge >= 0.3 is 0 Å². The van der Waals surface area contributed by atoms with Gasteiger partial charge in [-0.1, -0.05) is 41.6 Å². The van der Waals surface area contributed by atoms with Gasteiger partial charge in [-0.2, -0.15) is 4.99 Å². The number of nitrogens with zero attached hydrogens (tertiary/aromatic N) is 2. The number of halogens is 1. The predicted octanol–water partition coefficient (Wildman–Crippen LogP) is 3.20. The van der Waals surface area contributed by atoms with Crippen molar-refractivity contribution < 1.29 is 22.7 Å². The highest BCUT2D eigenvalue weighted by atomic mass is 35.5. The summed E-state index contributed by atoms with van der Waals surface area (Å²) in [6.45, 7) is 0.462. The standard InChI is InChI=1S/C22H23ClN2O5S2/c1-29-18-8-5-15(9-19(18)30-2)10-21(26)24-22-25(11-14-3-6-16(23)7-4-14)17-12-32(27,28)13-20(17)31-22/h3-9,17,20H,10-13H2,1-2H3/t17-,20+/m1/s1. The number of methoxy groups -OCH3 is 2. The fourth-order valence-electron chi connectivity index (χ4n) is 3.92. The summed E-state index contributed by atoms with van der Waals surface area (Å²) in [6, 6.07) is 12.5. The molecule has 2 aliphatic heterocycles. The summed E-state index contributed by atoms with van der Waals surface area (Å²) in [7, 11) is -0.00565. The summed E-state index contributed by atoms with van der Waals surface area (Å²) in [5.74, 6) is 1.00. The van der Waals surface area contributed by atoms with Gasteiger partial charge in [0.05, 0.1) is 38.2 Å². The van der Waals surface area contributed by atoms with E-state index in [4.69, 9.17) is 21.1 Å². The molecule has 0 aliphatic carbocycles. The molecule has 1 amide bonds. The van der Waals surface area contributed by atoms with Gasteiger partial charge in [-0.15, -0.1) is 0 Å². The van der Waals surface area contributed by atoms with Crippen LogP contribution in [0.15, 0.2) is 47.5 Å². The van der Waals surface area contributed by atoms with Crippen molar-refractivity contribution in [3.8, 4) is 11.5 Å². The molecule has 0 unspecified atom stereocenters. The molecule has 0 radical (unpaired) electrons. The Labute approximate surface area is 196 Å².